The normalized spacial score (nSPS) is 11.7. The van der Waals surface area contributed by atoms with E-state index in [-0.39, 0.29) is 6.42 Å². The van der Waals surface area contributed by atoms with Gasteiger partial charge in [-0.25, -0.2) is 4.79 Å². The molecule has 5 N–H and O–H groups in total. The highest BCUT2D eigenvalue weighted by molar-refractivity contribution is 6.32. The van der Waals surface area contributed by atoms with E-state index in [1.54, 1.807) is 12.1 Å². The molecule has 0 unspecified atom stereocenters. The maximum absolute atomic E-state index is 11.1. The maximum Gasteiger partial charge on any atom is 0.326 e. The molecule has 1 atom stereocenters. The van der Waals surface area contributed by atoms with Gasteiger partial charge in [0.25, 0.3) is 0 Å². The summed E-state index contributed by atoms with van der Waals surface area (Å²) in [4.78, 5) is 21.9. The zero-order chi connectivity index (χ0) is 16.0. The van der Waals surface area contributed by atoms with Crippen LogP contribution in [0.3, 0.4) is 0 Å². The second-order valence-electron chi connectivity index (χ2n) is 4.53. The minimum absolute atomic E-state index is 0.324. The fourth-order valence-electron chi connectivity index (χ4n) is 1.81. The van der Waals surface area contributed by atoms with Crippen molar-refractivity contribution in [3.63, 3.8) is 0 Å². The molecule has 0 radical (unpaired) electrons. The lowest BCUT2D eigenvalue weighted by atomic mass is 10.1. The molecular weight excluding hydrogens is 294 g/mol. The van der Waals surface area contributed by atoms with Gasteiger partial charge in [-0.1, -0.05) is 30.3 Å². The van der Waals surface area contributed by atoms with E-state index in [4.69, 9.17) is 22.4 Å². The number of halogens is 1. The van der Waals surface area contributed by atoms with Crippen LogP contribution >= 0.6 is 11.6 Å². The fraction of sp³-hybridized carbons (Fsp3) is 0.286. The zero-order valence-corrected chi connectivity index (χ0v) is 12.4. The van der Waals surface area contributed by atoms with Crippen molar-refractivity contribution in [1.82, 2.24) is 10.6 Å². The third kappa shape index (κ3) is 5.09. The van der Waals surface area contributed by atoms with Crippen LogP contribution in [-0.4, -0.2) is 30.1 Å². The number of aliphatic carboxylic acids is 1. The van der Waals surface area contributed by atoms with Gasteiger partial charge < -0.3 is 21.5 Å². The molecule has 1 aromatic rings. The van der Waals surface area contributed by atoms with Gasteiger partial charge in [0.1, 0.15) is 6.04 Å². The van der Waals surface area contributed by atoms with Gasteiger partial charge in [-0.05, 0) is 18.7 Å². The number of rotatable bonds is 8. The van der Waals surface area contributed by atoms with E-state index in [2.05, 4.69) is 17.2 Å². The van der Waals surface area contributed by atoms with E-state index in [9.17, 15) is 9.59 Å². The number of carbonyl (C=O) groups excluding carboxylic acids is 1. The van der Waals surface area contributed by atoms with E-state index < -0.39 is 17.9 Å². The number of primary amides is 1. The van der Waals surface area contributed by atoms with Crippen molar-refractivity contribution in [2.75, 3.05) is 7.05 Å². The molecule has 0 saturated heterocycles. The van der Waals surface area contributed by atoms with Crippen LogP contribution in [0, 0.1) is 0 Å². The van der Waals surface area contributed by atoms with E-state index >= 15 is 0 Å². The summed E-state index contributed by atoms with van der Waals surface area (Å²) in [5.41, 5.74) is 6.92. The second kappa shape index (κ2) is 7.66. The molecule has 0 spiro atoms. The molecule has 0 fully saturated rings. The number of amides is 1. The Kier molecular flexibility index (Phi) is 6.20. The first-order valence-corrected chi connectivity index (χ1v) is 6.63. The molecule has 0 aliphatic heterocycles. The van der Waals surface area contributed by atoms with Crippen molar-refractivity contribution in [3.05, 3.63) is 40.9 Å². The molecular formula is C14H18ClN3O3. The summed E-state index contributed by atoms with van der Waals surface area (Å²) in [5, 5.41) is 15.2. The molecule has 0 aliphatic carbocycles. The van der Waals surface area contributed by atoms with Crippen LogP contribution in [0.2, 0.25) is 5.02 Å². The molecule has 1 rings (SSSR count). The molecule has 1 aromatic carbocycles. The number of nitrogens with two attached hydrogens (primary N) is 1. The summed E-state index contributed by atoms with van der Waals surface area (Å²) >= 11 is 6.16. The molecule has 0 saturated carbocycles. The predicted molar refractivity (Wildman–Crippen MR) is 81.6 cm³/mol. The Labute approximate surface area is 128 Å². The quantitative estimate of drug-likeness (QED) is 0.572. The molecule has 114 valence electrons. The molecule has 0 heterocycles. The minimum atomic E-state index is -1.18. The number of carboxylic acid groups (broad SMARTS) is 1. The summed E-state index contributed by atoms with van der Waals surface area (Å²) < 4.78 is 0. The van der Waals surface area contributed by atoms with E-state index in [1.807, 2.05) is 13.1 Å². The summed E-state index contributed by atoms with van der Waals surface area (Å²) in [6.45, 7) is 4.43. The Morgan fingerprint density at radius 1 is 1.48 bits per heavy atom. The Hall–Kier alpha value is -2.05. The topological polar surface area (TPSA) is 104 Å². The van der Waals surface area contributed by atoms with Crippen molar-refractivity contribution in [2.45, 2.75) is 19.0 Å². The Balaban J connectivity index is 2.87. The van der Waals surface area contributed by atoms with E-state index in [0.29, 0.717) is 22.8 Å². The van der Waals surface area contributed by atoms with Crippen molar-refractivity contribution in [2.24, 2.45) is 5.73 Å². The highest BCUT2D eigenvalue weighted by Gasteiger charge is 2.21. The standard InChI is InChI=1S/C14H18ClN3O3/c1-8(18-12(14(20)21)6-13(16)19)10-4-3-9(7-17-2)5-11(10)15/h3-5,12,17-18H,1,6-7H2,2H3,(H2,16,19)(H,20,21)/t12-/m0/s1. The summed E-state index contributed by atoms with van der Waals surface area (Å²) in [6.07, 6.45) is -0.330. The van der Waals surface area contributed by atoms with Gasteiger partial charge in [-0.15, -0.1) is 0 Å². The first kappa shape index (κ1) is 17.0. The number of benzene rings is 1. The van der Waals surface area contributed by atoms with Gasteiger partial charge in [0.2, 0.25) is 5.91 Å². The number of carboxylic acids is 1. The van der Waals surface area contributed by atoms with Crippen molar-refractivity contribution < 1.29 is 14.7 Å². The molecule has 0 aromatic heterocycles. The van der Waals surface area contributed by atoms with Gasteiger partial charge in [-0.3, -0.25) is 4.79 Å². The van der Waals surface area contributed by atoms with Crippen LogP contribution in [0.4, 0.5) is 0 Å². The van der Waals surface area contributed by atoms with Crippen LogP contribution in [0.25, 0.3) is 5.70 Å². The van der Waals surface area contributed by atoms with Crippen molar-refractivity contribution in [1.29, 1.82) is 0 Å². The van der Waals surface area contributed by atoms with Crippen LogP contribution in [0.5, 0.6) is 0 Å². The Morgan fingerprint density at radius 3 is 2.62 bits per heavy atom. The van der Waals surface area contributed by atoms with Crippen molar-refractivity contribution >= 4 is 29.2 Å². The minimum Gasteiger partial charge on any atom is -0.480 e. The van der Waals surface area contributed by atoms with E-state index in [1.165, 1.54) is 0 Å². The average molecular weight is 312 g/mol. The highest BCUT2D eigenvalue weighted by Crippen LogP contribution is 2.23. The van der Waals surface area contributed by atoms with Crippen LogP contribution < -0.4 is 16.4 Å². The molecule has 1 amide bonds. The van der Waals surface area contributed by atoms with Gasteiger partial charge >= 0.3 is 5.97 Å². The lowest BCUT2D eigenvalue weighted by Gasteiger charge is -2.17. The van der Waals surface area contributed by atoms with Gasteiger partial charge in [0, 0.05) is 17.8 Å². The summed E-state index contributed by atoms with van der Waals surface area (Å²) in [6, 6.07) is 4.23. The molecule has 7 heteroatoms. The van der Waals surface area contributed by atoms with E-state index in [0.717, 1.165) is 5.56 Å². The van der Waals surface area contributed by atoms with Crippen LogP contribution in [0.1, 0.15) is 17.5 Å². The fourth-order valence-corrected chi connectivity index (χ4v) is 2.12. The number of hydrogen-bond donors (Lipinski definition) is 4. The average Bonchev–Trinajstić information content (AvgIpc) is 2.37. The lowest BCUT2D eigenvalue weighted by molar-refractivity contribution is -0.140. The highest BCUT2D eigenvalue weighted by atomic mass is 35.5. The smallest absolute Gasteiger partial charge is 0.326 e. The largest absolute Gasteiger partial charge is 0.480 e. The molecule has 21 heavy (non-hydrogen) atoms. The monoisotopic (exact) mass is 311 g/mol. The predicted octanol–water partition coefficient (Wildman–Crippen LogP) is 0.948. The zero-order valence-electron chi connectivity index (χ0n) is 11.6. The van der Waals surface area contributed by atoms with Crippen LogP contribution in [0.15, 0.2) is 24.8 Å². The Bertz CT molecular complexity index is 560. The third-order valence-electron chi connectivity index (χ3n) is 2.79. The SMILES string of the molecule is C=C(N[C@@H](CC(N)=O)C(=O)O)c1ccc(CNC)cc1Cl. The number of hydrogen-bond acceptors (Lipinski definition) is 4. The van der Waals surface area contributed by atoms with Gasteiger partial charge in [0.05, 0.1) is 11.4 Å². The van der Waals surface area contributed by atoms with Crippen molar-refractivity contribution in [3.8, 4) is 0 Å². The first-order chi connectivity index (χ1) is 9.85. The summed E-state index contributed by atoms with van der Waals surface area (Å²) in [7, 11) is 1.82. The molecule has 0 bridgehead atoms. The molecule has 0 aliphatic rings. The lowest BCUT2D eigenvalue weighted by Crippen LogP contribution is -2.38. The van der Waals surface area contributed by atoms with Gasteiger partial charge in [-0.2, -0.15) is 0 Å². The maximum atomic E-state index is 11.1. The third-order valence-corrected chi connectivity index (χ3v) is 3.10. The van der Waals surface area contributed by atoms with Gasteiger partial charge in [0.15, 0.2) is 0 Å². The summed E-state index contributed by atoms with van der Waals surface area (Å²) in [5.74, 6) is -1.89. The first-order valence-electron chi connectivity index (χ1n) is 6.25. The number of carbonyl (C=O) groups is 2. The van der Waals surface area contributed by atoms with Crippen LogP contribution in [-0.2, 0) is 16.1 Å². The Morgan fingerprint density at radius 2 is 2.14 bits per heavy atom. The second-order valence-corrected chi connectivity index (χ2v) is 4.94. The molecule has 6 nitrogen and oxygen atoms in total. The number of nitrogens with one attached hydrogen (secondary N) is 2.